The Bertz CT molecular complexity index is 562. The second-order valence-corrected chi connectivity index (χ2v) is 9.90. The van der Waals surface area contributed by atoms with Gasteiger partial charge in [-0.25, -0.2) is 0 Å². The lowest BCUT2D eigenvalue weighted by Crippen LogP contribution is -2.33. The number of para-hydroxylation sites is 1. The van der Waals surface area contributed by atoms with Gasteiger partial charge in [-0.1, -0.05) is 66.7 Å². The first-order valence-electron chi connectivity index (χ1n) is 8.80. The molecule has 128 valence electrons. The first-order valence-corrected chi connectivity index (χ1v) is 8.80. The van der Waals surface area contributed by atoms with Gasteiger partial charge < -0.3 is 5.32 Å². The van der Waals surface area contributed by atoms with Crippen LogP contribution in [0.25, 0.3) is 0 Å². The van der Waals surface area contributed by atoms with Gasteiger partial charge in [-0.05, 0) is 47.6 Å². The van der Waals surface area contributed by atoms with Crippen molar-refractivity contribution in [3.8, 4) is 0 Å². The van der Waals surface area contributed by atoms with Crippen molar-refractivity contribution in [1.82, 2.24) is 0 Å². The molecule has 0 aromatic heterocycles. The summed E-state index contributed by atoms with van der Waals surface area (Å²) in [5.74, 6) is 0.587. The predicted molar refractivity (Wildman–Crippen MR) is 98.7 cm³/mol. The Kier molecular flexibility index (Phi) is 4.67. The van der Waals surface area contributed by atoms with E-state index in [1.54, 1.807) is 0 Å². The fourth-order valence-corrected chi connectivity index (χ4v) is 4.34. The van der Waals surface area contributed by atoms with Crippen molar-refractivity contribution in [2.45, 2.75) is 73.6 Å². The number of carbonyl (C=O) groups is 1. The van der Waals surface area contributed by atoms with Gasteiger partial charge in [0.15, 0.2) is 0 Å². The molecule has 2 heteroatoms. The van der Waals surface area contributed by atoms with Crippen LogP contribution in [-0.4, -0.2) is 5.91 Å². The molecule has 0 bridgehead atoms. The Morgan fingerprint density at radius 2 is 1.57 bits per heavy atom. The third-order valence-electron chi connectivity index (χ3n) is 4.89. The molecular weight excluding hydrogens is 282 g/mol. The maximum Gasteiger partial charge on any atom is 0.229 e. The number of benzene rings is 1. The summed E-state index contributed by atoms with van der Waals surface area (Å²) in [4.78, 5) is 12.4. The summed E-state index contributed by atoms with van der Waals surface area (Å²) in [6.45, 7) is 15.4. The average molecular weight is 316 g/mol. The molecule has 23 heavy (non-hydrogen) atoms. The van der Waals surface area contributed by atoms with E-state index in [4.69, 9.17) is 0 Å². The van der Waals surface area contributed by atoms with Gasteiger partial charge in [0.1, 0.15) is 0 Å². The standard InChI is InChI=1S/C21H33NO/c1-19(2,3)18(23)22-17-11-9-8-10-16(17)15-12-20(4,5)14-21(6,7)13-15/h8-11,15H,12-14H2,1-7H3,(H,22,23). The average Bonchev–Trinajstić information content (AvgIpc) is 2.34. The van der Waals surface area contributed by atoms with Gasteiger partial charge in [0, 0.05) is 11.1 Å². The van der Waals surface area contributed by atoms with Gasteiger partial charge in [0.25, 0.3) is 0 Å². The Balaban J connectivity index is 2.31. The number of amides is 1. The highest BCUT2D eigenvalue weighted by atomic mass is 16.2. The zero-order valence-corrected chi connectivity index (χ0v) is 15.9. The van der Waals surface area contributed by atoms with Gasteiger partial charge in [-0.2, -0.15) is 0 Å². The van der Waals surface area contributed by atoms with Crippen LogP contribution in [-0.2, 0) is 4.79 Å². The lowest BCUT2D eigenvalue weighted by atomic mass is 9.60. The molecule has 2 nitrogen and oxygen atoms in total. The molecule has 0 radical (unpaired) electrons. The van der Waals surface area contributed by atoms with Gasteiger partial charge in [0.05, 0.1) is 0 Å². The maximum absolute atomic E-state index is 12.4. The highest BCUT2D eigenvalue weighted by molar-refractivity contribution is 5.95. The molecule has 1 aliphatic carbocycles. The lowest BCUT2D eigenvalue weighted by Gasteiger charge is -2.45. The van der Waals surface area contributed by atoms with E-state index >= 15 is 0 Å². The van der Waals surface area contributed by atoms with Crippen molar-refractivity contribution in [3.05, 3.63) is 29.8 Å². The van der Waals surface area contributed by atoms with Crippen LogP contribution in [0.5, 0.6) is 0 Å². The summed E-state index contributed by atoms with van der Waals surface area (Å²) < 4.78 is 0. The van der Waals surface area contributed by atoms with Crippen LogP contribution in [0.1, 0.15) is 79.2 Å². The molecule has 0 spiro atoms. The monoisotopic (exact) mass is 315 g/mol. The molecule has 1 amide bonds. The van der Waals surface area contributed by atoms with Crippen LogP contribution < -0.4 is 5.32 Å². The first-order chi connectivity index (χ1) is 10.4. The normalized spacial score (nSPS) is 21.0. The van der Waals surface area contributed by atoms with Gasteiger partial charge >= 0.3 is 0 Å². The number of carbonyl (C=O) groups excluding carboxylic acids is 1. The van der Waals surface area contributed by atoms with Gasteiger partial charge in [-0.15, -0.1) is 0 Å². The van der Waals surface area contributed by atoms with Crippen LogP contribution in [0, 0.1) is 16.2 Å². The molecule has 1 N–H and O–H groups in total. The zero-order valence-electron chi connectivity index (χ0n) is 15.9. The fourth-order valence-electron chi connectivity index (χ4n) is 4.34. The Labute approximate surface area is 142 Å². The molecule has 1 aromatic carbocycles. The fraction of sp³-hybridized carbons (Fsp3) is 0.667. The van der Waals surface area contributed by atoms with Crippen molar-refractivity contribution >= 4 is 11.6 Å². The van der Waals surface area contributed by atoms with Crippen LogP contribution in [0.3, 0.4) is 0 Å². The molecule has 1 saturated carbocycles. The number of nitrogens with one attached hydrogen (secondary N) is 1. The Morgan fingerprint density at radius 3 is 2.09 bits per heavy atom. The van der Waals surface area contributed by atoms with E-state index in [1.807, 2.05) is 32.9 Å². The summed E-state index contributed by atoms with van der Waals surface area (Å²) in [5, 5.41) is 3.16. The molecule has 0 unspecified atom stereocenters. The molecule has 0 saturated heterocycles. The highest BCUT2D eigenvalue weighted by Gasteiger charge is 2.39. The van der Waals surface area contributed by atoms with Crippen molar-refractivity contribution in [1.29, 1.82) is 0 Å². The van der Waals surface area contributed by atoms with Crippen molar-refractivity contribution in [3.63, 3.8) is 0 Å². The van der Waals surface area contributed by atoms with Crippen LogP contribution in [0.15, 0.2) is 24.3 Å². The van der Waals surface area contributed by atoms with E-state index in [-0.39, 0.29) is 11.3 Å². The van der Waals surface area contributed by atoms with Crippen LogP contribution >= 0.6 is 0 Å². The quantitative estimate of drug-likeness (QED) is 0.713. The Morgan fingerprint density at radius 1 is 1.04 bits per heavy atom. The molecule has 0 atom stereocenters. The van der Waals surface area contributed by atoms with E-state index in [0.717, 1.165) is 5.69 Å². The second kappa shape index (κ2) is 5.96. The largest absolute Gasteiger partial charge is 0.325 e. The number of hydrogen-bond acceptors (Lipinski definition) is 1. The molecule has 0 heterocycles. The Hall–Kier alpha value is -1.31. The van der Waals surface area contributed by atoms with Crippen LogP contribution in [0.4, 0.5) is 5.69 Å². The SMILES string of the molecule is CC1(C)CC(c2ccccc2NC(=O)C(C)(C)C)CC(C)(C)C1. The van der Waals surface area contributed by atoms with Crippen molar-refractivity contribution < 1.29 is 4.79 Å². The minimum absolute atomic E-state index is 0.0827. The maximum atomic E-state index is 12.4. The number of hydrogen-bond donors (Lipinski definition) is 1. The van der Waals surface area contributed by atoms with Gasteiger partial charge in [0.2, 0.25) is 5.91 Å². The number of rotatable bonds is 2. The third kappa shape index (κ3) is 4.59. The van der Waals surface area contributed by atoms with E-state index in [0.29, 0.717) is 16.7 Å². The van der Waals surface area contributed by atoms with E-state index < -0.39 is 0 Å². The van der Waals surface area contributed by atoms with E-state index in [9.17, 15) is 4.79 Å². The van der Waals surface area contributed by atoms with E-state index in [2.05, 4.69) is 45.1 Å². The first kappa shape index (κ1) is 18.0. The van der Waals surface area contributed by atoms with Crippen LogP contribution in [0.2, 0.25) is 0 Å². The topological polar surface area (TPSA) is 29.1 Å². The minimum atomic E-state index is -0.377. The highest BCUT2D eigenvalue weighted by Crippen LogP contribution is 2.52. The second-order valence-electron chi connectivity index (χ2n) is 9.90. The zero-order chi connectivity index (χ0) is 17.5. The van der Waals surface area contributed by atoms with Crippen molar-refractivity contribution in [2.24, 2.45) is 16.2 Å². The van der Waals surface area contributed by atoms with Crippen molar-refractivity contribution in [2.75, 3.05) is 5.32 Å². The predicted octanol–water partition coefficient (Wildman–Crippen LogP) is 5.99. The summed E-state index contributed by atoms with van der Waals surface area (Å²) in [6.07, 6.45) is 3.62. The van der Waals surface area contributed by atoms with E-state index in [1.165, 1.54) is 24.8 Å². The molecule has 1 aliphatic rings. The molecular formula is C21H33NO. The molecule has 1 aromatic rings. The lowest BCUT2D eigenvalue weighted by molar-refractivity contribution is -0.123. The number of anilines is 1. The summed E-state index contributed by atoms with van der Waals surface area (Å²) >= 11 is 0. The van der Waals surface area contributed by atoms with Gasteiger partial charge in [-0.3, -0.25) is 4.79 Å². The molecule has 1 fully saturated rings. The summed E-state index contributed by atoms with van der Waals surface area (Å²) in [5.41, 5.74) is 2.59. The molecule has 2 rings (SSSR count). The summed E-state index contributed by atoms with van der Waals surface area (Å²) in [7, 11) is 0. The third-order valence-corrected chi connectivity index (χ3v) is 4.89. The minimum Gasteiger partial charge on any atom is -0.325 e. The summed E-state index contributed by atoms with van der Waals surface area (Å²) in [6, 6.07) is 8.35. The molecule has 0 aliphatic heterocycles. The smallest absolute Gasteiger partial charge is 0.229 e.